The molecule has 5 nitrogen and oxygen atoms in total. The summed E-state index contributed by atoms with van der Waals surface area (Å²) in [5.74, 6) is -2.28. The smallest absolute Gasteiger partial charge is 0.382 e. The molecule has 0 spiro atoms. The molecule has 232 valence electrons. The van der Waals surface area contributed by atoms with Crippen molar-refractivity contribution in [3.8, 4) is 0 Å². The third-order valence-corrected chi connectivity index (χ3v) is 9.66. The number of rotatable bonds is 6. The summed E-state index contributed by atoms with van der Waals surface area (Å²) in [6.45, 7) is 1.70. The van der Waals surface area contributed by atoms with Gasteiger partial charge in [0, 0.05) is 23.5 Å². The molecule has 2 saturated carbocycles. The Bertz CT molecular complexity index is 1500. The SMILES string of the molecule is Cc1cccc(F)c1C(=O)N1C2CCCC2CC(C(=O)Nc2cccc(C(F)(F)F)c2)C1c1ccc(NC2CCCC2)cc1. The maximum atomic E-state index is 15.2. The molecule has 4 atom stereocenters. The van der Waals surface area contributed by atoms with Crippen LogP contribution in [-0.2, 0) is 11.0 Å². The number of hydrogen-bond donors (Lipinski definition) is 2. The second kappa shape index (κ2) is 12.3. The molecule has 1 heterocycles. The maximum Gasteiger partial charge on any atom is 0.416 e. The number of anilines is 2. The number of piperidine rings is 1. The van der Waals surface area contributed by atoms with E-state index in [1.807, 2.05) is 24.3 Å². The summed E-state index contributed by atoms with van der Waals surface area (Å²) in [5.41, 5.74) is 1.36. The van der Waals surface area contributed by atoms with Crippen molar-refractivity contribution in [1.82, 2.24) is 4.90 Å². The highest BCUT2D eigenvalue weighted by atomic mass is 19.4. The van der Waals surface area contributed by atoms with E-state index in [2.05, 4.69) is 10.6 Å². The van der Waals surface area contributed by atoms with E-state index in [1.54, 1.807) is 24.0 Å². The van der Waals surface area contributed by atoms with E-state index < -0.39 is 41.3 Å². The standard InChI is InChI=1S/C35H37F4N3O2/c1-21-7-4-13-29(36)31(21)34(44)42-30-14-5-8-23(30)19-28(33(43)41-27-12-6-9-24(20-27)35(37,38)39)32(42)22-15-17-26(18-16-22)40-25-10-2-3-11-25/h4,6-7,9,12-13,15-18,20,23,25,28,30,32,40H,2-3,5,8,10-11,14,19H2,1H3,(H,41,43). The largest absolute Gasteiger partial charge is 0.416 e. The number of nitrogens with zero attached hydrogens (tertiary/aromatic N) is 1. The Kier molecular flexibility index (Phi) is 8.40. The fourth-order valence-corrected chi connectivity index (χ4v) is 7.56. The first-order chi connectivity index (χ1) is 21.1. The van der Waals surface area contributed by atoms with Gasteiger partial charge in [-0.1, -0.05) is 49.6 Å². The molecule has 4 unspecified atom stereocenters. The molecule has 3 aromatic rings. The van der Waals surface area contributed by atoms with Crippen molar-refractivity contribution in [2.45, 2.75) is 82.6 Å². The molecule has 0 radical (unpaired) electrons. The van der Waals surface area contributed by atoms with E-state index >= 15 is 4.39 Å². The van der Waals surface area contributed by atoms with Gasteiger partial charge in [-0.25, -0.2) is 4.39 Å². The van der Waals surface area contributed by atoms with Crippen molar-refractivity contribution >= 4 is 23.2 Å². The normalized spacial score (nSPS) is 23.8. The summed E-state index contributed by atoms with van der Waals surface area (Å²) in [6, 6.07) is 16.3. The van der Waals surface area contributed by atoms with E-state index in [0.29, 0.717) is 18.0 Å². The van der Waals surface area contributed by atoms with E-state index in [4.69, 9.17) is 0 Å². The zero-order valence-electron chi connectivity index (χ0n) is 24.7. The van der Waals surface area contributed by atoms with Gasteiger partial charge < -0.3 is 15.5 Å². The van der Waals surface area contributed by atoms with E-state index in [-0.39, 0.29) is 23.2 Å². The highest BCUT2D eigenvalue weighted by molar-refractivity contribution is 5.98. The van der Waals surface area contributed by atoms with Gasteiger partial charge in [-0.05, 0) is 92.5 Å². The number of hydrogen-bond acceptors (Lipinski definition) is 3. The monoisotopic (exact) mass is 607 g/mol. The number of alkyl halides is 3. The van der Waals surface area contributed by atoms with Crippen LogP contribution in [0.2, 0.25) is 0 Å². The van der Waals surface area contributed by atoms with Crippen LogP contribution in [0, 0.1) is 24.6 Å². The molecule has 3 aromatic carbocycles. The minimum atomic E-state index is -4.56. The number of nitrogens with one attached hydrogen (secondary N) is 2. The van der Waals surface area contributed by atoms with Crippen molar-refractivity contribution in [3.05, 3.63) is 94.8 Å². The minimum Gasteiger partial charge on any atom is -0.382 e. The van der Waals surface area contributed by atoms with Crippen LogP contribution in [0.5, 0.6) is 0 Å². The van der Waals surface area contributed by atoms with Crippen molar-refractivity contribution in [2.75, 3.05) is 10.6 Å². The van der Waals surface area contributed by atoms with Crippen LogP contribution in [0.25, 0.3) is 0 Å². The summed E-state index contributed by atoms with van der Waals surface area (Å²) < 4.78 is 55.5. The summed E-state index contributed by atoms with van der Waals surface area (Å²) >= 11 is 0. The molecule has 1 aliphatic heterocycles. The van der Waals surface area contributed by atoms with Crippen LogP contribution < -0.4 is 10.6 Å². The number of carbonyl (C=O) groups excluding carboxylic acids is 2. The molecule has 44 heavy (non-hydrogen) atoms. The third kappa shape index (κ3) is 6.06. The van der Waals surface area contributed by atoms with Gasteiger partial charge >= 0.3 is 6.18 Å². The van der Waals surface area contributed by atoms with Crippen molar-refractivity contribution in [1.29, 1.82) is 0 Å². The minimum absolute atomic E-state index is 0.0124. The molecule has 3 aliphatic rings. The third-order valence-electron chi connectivity index (χ3n) is 9.66. The predicted molar refractivity (Wildman–Crippen MR) is 162 cm³/mol. The predicted octanol–water partition coefficient (Wildman–Crippen LogP) is 8.52. The number of carbonyl (C=O) groups is 2. The van der Waals surface area contributed by atoms with Gasteiger partial charge in [0.05, 0.1) is 23.1 Å². The summed E-state index contributed by atoms with van der Waals surface area (Å²) in [7, 11) is 0. The van der Waals surface area contributed by atoms with Gasteiger partial charge in [-0.2, -0.15) is 13.2 Å². The Morgan fingerprint density at radius 3 is 2.30 bits per heavy atom. The Balaban J connectivity index is 1.39. The first-order valence-electron chi connectivity index (χ1n) is 15.5. The van der Waals surface area contributed by atoms with Gasteiger partial charge in [0.1, 0.15) is 5.82 Å². The van der Waals surface area contributed by atoms with Crippen LogP contribution in [0.15, 0.2) is 66.7 Å². The lowest BCUT2D eigenvalue weighted by atomic mass is 9.76. The number of fused-ring (bicyclic) bond motifs is 1. The first-order valence-corrected chi connectivity index (χ1v) is 15.5. The molecule has 2 amide bonds. The topological polar surface area (TPSA) is 61.4 Å². The van der Waals surface area contributed by atoms with E-state index in [1.165, 1.54) is 31.0 Å². The van der Waals surface area contributed by atoms with E-state index in [9.17, 15) is 22.8 Å². The lowest BCUT2D eigenvalue weighted by Gasteiger charge is -2.48. The Hall–Kier alpha value is -3.88. The van der Waals surface area contributed by atoms with E-state index in [0.717, 1.165) is 55.5 Å². The molecule has 6 rings (SSSR count). The molecule has 1 saturated heterocycles. The quantitative estimate of drug-likeness (QED) is 0.276. The zero-order chi connectivity index (χ0) is 31.0. The Morgan fingerprint density at radius 1 is 0.864 bits per heavy atom. The van der Waals surface area contributed by atoms with Gasteiger partial charge in [0.2, 0.25) is 5.91 Å². The Labute approximate surface area is 255 Å². The van der Waals surface area contributed by atoms with Crippen LogP contribution in [0.1, 0.15) is 84.5 Å². The lowest BCUT2D eigenvalue weighted by molar-refractivity contribution is -0.137. The van der Waals surface area contributed by atoms with Crippen molar-refractivity contribution in [3.63, 3.8) is 0 Å². The zero-order valence-corrected chi connectivity index (χ0v) is 24.7. The van der Waals surface area contributed by atoms with Crippen LogP contribution in [0.3, 0.4) is 0 Å². The van der Waals surface area contributed by atoms with Gasteiger partial charge in [0.25, 0.3) is 5.91 Å². The number of amides is 2. The number of likely N-dealkylation sites (tertiary alicyclic amines) is 1. The average molecular weight is 608 g/mol. The molecule has 9 heteroatoms. The van der Waals surface area contributed by atoms with Crippen LogP contribution in [-0.4, -0.2) is 28.8 Å². The summed E-state index contributed by atoms with van der Waals surface area (Å²) in [5, 5.41) is 6.29. The van der Waals surface area contributed by atoms with Crippen LogP contribution in [0.4, 0.5) is 28.9 Å². The first kappa shape index (κ1) is 30.2. The molecule has 2 aliphatic carbocycles. The average Bonchev–Trinajstić information content (AvgIpc) is 3.68. The van der Waals surface area contributed by atoms with Crippen molar-refractivity contribution < 1.29 is 27.2 Å². The molecule has 0 bridgehead atoms. The summed E-state index contributed by atoms with van der Waals surface area (Å²) in [4.78, 5) is 30.1. The molecule has 2 N–H and O–H groups in total. The number of halogens is 4. The molecular formula is C35H37F4N3O2. The van der Waals surface area contributed by atoms with Gasteiger partial charge in [-0.3, -0.25) is 9.59 Å². The maximum absolute atomic E-state index is 15.2. The van der Waals surface area contributed by atoms with Crippen molar-refractivity contribution in [2.24, 2.45) is 11.8 Å². The second-order valence-corrected chi connectivity index (χ2v) is 12.5. The molecule has 0 aromatic heterocycles. The highest BCUT2D eigenvalue weighted by Crippen LogP contribution is 2.49. The second-order valence-electron chi connectivity index (χ2n) is 12.5. The Morgan fingerprint density at radius 2 is 1.59 bits per heavy atom. The fourth-order valence-electron chi connectivity index (χ4n) is 7.56. The number of benzene rings is 3. The lowest BCUT2D eigenvalue weighted by Crippen LogP contribution is -2.54. The highest BCUT2D eigenvalue weighted by Gasteiger charge is 2.50. The fraction of sp³-hybridized carbons (Fsp3) is 0.429. The number of aryl methyl sites for hydroxylation is 1. The van der Waals surface area contributed by atoms with Crippen LogP contribution >= 0.6 is 0 Å². The summed E-state index contributed by atoms with van der Waals surface area (Å²) in [6.07, 6.45) is 2.94. The molecule has 3 fully saturated rings. The van der Waals surface area contributed by atoms with Gasteiger partial charge in [0.15, 0.2) is 0 Å². The molecular weight excluding hydrogens is 570 g/mol. The van der Waals surface area contributed by atoms with Gasteiger partial charge in [-0.15, -0.1) is 0 Å².